The van der Waals surface area contributed by atoms with Crippen LogP contribution in [0.2, 0.25) is 0 Å². The van der Waals surface area contributed by atoms with Gasteiger partial charge in [0.15, 0.2) is 0 Å². The predicted octanol–water partition coefficient (Wildman–Crippen LogP) is 3.11. The molecule has 0 aromatic carbocycles. The number of alkyl halides is 2. The van der Waals surface area contributed by atoms with Gasteiger partial charge in [-0.2, -0.15) is 10.1 Å². The second-order valence-corrected chi connectivity index (χ2v) is 7.94. The van der Waals surface area contributed by atoms with Crippen LogP contribution >= 0.6 is 0 Å². The number of nitrogens with zero attached hydrogens (tertiary/aromatic N) is 5. The SMILES string of the molecule is Cc1ccn(-c2nc(C3COCCC3=O)cc(N(C(=O)O)C3CCC(F)(F)CC3)n2)n1. The predicted molar refractivity (Wildman–Crippen MR) is 105 cm³/mol. The highest BCUT2D eigenvalue weighted by atomic mass is 19.3. The zero-order valence-corrected chi connectivity index (χ0v) is 17.0. The van der Waals surface area contributed by atoms with Crippen LogP contribution in [0.4, 0.5) is 19.4 Å². The monoisotopic (exact) mass is 435 g/mol. The lowest BCUT2D eigenvalue weighted by molar-refractivity contribution is -0.126. The van der Waals surface area contributed by atoms with Gasteiger partial charge >= 0.3 is 6.09 Å². The van der Waals surface area contributed by atoms with Gasteiger partial charge in [-0.1, -0.05) is 0 Å². The standard InChI is InChI=1S/C20H23F2N5O4/c1-12-4-8-26(25-12)18-23-15(14-11-31-9-5-16(14)28)10-17(24-18)27(19(29)30)13-2-6-20(21,22)7-3-13/h4,8,10,13-14H,2-3,5-7,9,11H2,1H3,(H,29,30). The topological polar surface area (TPSA) is 110 Å². The van der Waals surface area contributed by atoms with Crippen molar-refractivity contribution in [3.05, 3.63) is 29.7 Å². The summed E-state index contributed by atoms with van der Waals surface area (Å²) in [6, 6.07) is 2.53. The van der Waals surface area contributed by atoms with Crippen molar-refractivity contribution in [3.63, 3.8) is 0 Å². The Labute approximate surface area is 177 Å². The number of carbonyl (C=O) groups is 2. The second kappa shape index (κ2) is 8.29. The van der Waals surface area contributed by atoms with Crippen LogP contribution in [0.25, 0.3) is 5.95 Å². The molecule has 3 heterocycles. The number of aromatic nitrogens is 4. The van der Waals surface area contributed by atoms with E-state index in [0.29, 0.717) is 18.0 Å². The van der Waals surface area contributed by atoms with Crippen LogP contribution in [-0.4, -0.2) is 61.9 Å². The smallest absolute Gasteiger partial charge is 0.413 e. The minimum Gasteiger partial charge on any atom is -0.465 e. The molecule has 1 atom stereocenters. The molecule has 1 saturated carbocycles. The zero-order valence-electron chi connectivity index (χ0n) is 17.0. The quantitative estimate of drug-likeness (QED) is 0.786. The van der Waals surface area contributed by atoms with Crippen molar-refractivity contribution < 1.29 is 28.2 Å². The Morgan fingerprint density at radius 2 is 2.06 bits per heavy atom. The van der Waals surface area contributed by atoms with Gasteiger partial charge < -0.3 is 9.84 Å². The number of hydrogen-bond acceptors (Lipinski definition) is 6. The normalized spacial score (nSPS) is 21.8. The number of Topliss-reactive ketones (excluding diaryl/α,β-unsaturated/α-hetero) is 1. The lowest BCUT2D eigenvalue weighted by Gasteiger charge is -2.34. The fourth-order valence-corrected chi connectivity index (χ4v) is 3.99. The van der Waals surface area contributed by atoms with Crippen LogP contribution in [0, 0.1) is 6.92 Å². The van der Waals surface area contributed by atoms with Gasteiger partial charge in [-0.05, 0) is 25.8 Å². The van der Waals surface area contributed by atoms with Gasteiger partial charge in [-0.25, -0.2) is 23.2 Å². The molecule has 1 N–H and O–H groups in total. The van der Waals surface area contributed by atoms with Gasteiger partial charge in [-0.15, -0.1) is 0 Å². The zero-order chi connectivity index (χ0) is 22.2. The summed E-state index contributed by atoms with van der Waals surface area (Å²) in [7, 11) is 0. The lowest BCUT2D eigenvalue weighted by atomic mass is 9.91. The third kappa shape index (κ3) is 4.55. The number of halogens is 2. The van der Waals surface area contributed by atoms with E-state index in [1.54, 1.807) is 19.2 Å². The highest BCUT2D eigenvalue weighted by Gasteiger charge is 2.39. The van der Waals surface area contributed by atoms with Gasteiger partial charge in [0.25, 0.3) is 5.95 Å². The van der Waals surface area contributed by atoms with Crippen molar-refractivity contribution in [1.82, 2.24) is 19.7 Å². The average molecular weight is 435 g/mol. The molecule has 0 radical (unpaired) electrons. The number of ether oxygens (including phenoxy) is 1. The van der Waals surface area contributed by atoms with Gasteiger partial charge in [0.1, 0.15) is 11.6 Å². The van der Waals surface area contributed by atoms with E-state index in [4.69, 9.17) is 4.74 Å². The fourth-order valence-electron chi connectivity index (χ4n) is 3.99. The first-order chi connectivity index (χ1) is 14.7. The first-order valence-electron chi connectivity index (χ1n) is 10.2. The van der Waals surface area contributed by atoms with Crippen molar-refractivity contribution in [2.45, 2.75) is 56.9 Å². The van der Waals surface area contributed by atoms with Crippen molar-refractivity contribution in [2.24, 2.45) is 0 Å². The Bertz CT molecular complexity index is 986. The molecule has 1 aliphatic heterocycles. The molecule has 11 heteroatoms. The summed E-state index contributed by atoms with van der Waals surface area (Å²) in [6.45, 7) is 2.25. The number of carbonyl (C=O) groups excluding carboxylic acids is 1. The molecule has 0 spiro atoms. The fraction of sp³-hybridized carbons (Fsp3) is 0.550. The molecule has 2 aromatic rings. The maximum atomic E-state index is 13.6. The summed E-state index contributed by atoms with van der Waals surface area (Å²) in [5, 5.41) is 14.2. The van der Waals surface area contributed by atoms with Crippen molar-refractivity contribution in [2.75, 3.05) is 18.1 Å². The molecule has 4 rings (SSSR count). The molecular formula is C20H23F2N5O4. The largest absolute Gasteiger partial charge is 0.465 e. The van der Waals surface area contributed by atoms with E-state index in [0.717, 1.165) is 4.90 Å². The highest BCUT2D eigenvalue weighted by Crippen LogP contribution is 2.37. The van der Waals surface area contributed by atoms with Crippen molar-refractivity contribution in [1.29, 1.82) is 0 Å². The Balaban J connectivity index is 1.76. The number of aryl methyl sites for hydroxylation is 1. The number of carboxylic acid groups (broad SMARTS) is 1. The third-order valence-corrected chi connectivity index (χ3v) is 5.68. The Hall–Kier alpha value is -2.95. The number of ketones is 1. The van der Waals surface area contributed by atoms with E-state index in [1.807, 2.05) is 0 Å². The molecule has 1 aliphatic carbocycles. The van der Waals surface area contributed by atoms with Crippen LogP contribution in [-0.2, 0) is 9.53 Å². The molecule has 9 nitrogen and oxygen atoms in total. The molecule has 1 saturated heterocycles. The molecule has 0 bridgehead atoms. The maximum absolute atomic E-state index is 13.6. The van der Waals surface area contributed by atoms with Gasteiger partial charge in [0, 0.05) is 37.6 Å². The molecule has 2 fully saturated rings. The maximum Gasteiger partial charge on any atom is 0.413 e. The molecule has 166 valence electrons. The minimum atomic E-state index is -2.79. The molecule has 31 heavy (non-hydrogen) atoms. The second-order valence-electron chi connectivity index (χ2n) is 7.94. The number of anilines is 1. The summed E-state index contributed by atoms with van der Waals surface area (Å²) in [5.41, 5.74) is 1.03. The summed E-state index contributed by atoms with van der Waals surface area (Å²) in [5.74, 6) is -3.36. The number of amides is 1. The molecular weight excluding hydrogens is 412 g/mol. The number of hydrogen-bond donors (Lipinski definition) is 1. The Kier molecular flexibility index (Phi) is 5.69. The van der Waals surface area contributed by atoms with Crippen LogP contribution in [0.3, 0.4) is 0 Å². The van der Waals surface area contributed by atoms with Crippen LogP contribution < -0.4 is 4.90 Å². The van der Waals surface area contributed by atoms with E-state index in [1.165, 1.54) is 10.7 Å². The van der Waals surface area contributed by atoms with E-state index < -0.39 is 24.0 Å². The third-order valence-electron chi connectivity index (χ3n) is 5.68. The molecule has 2 aromatic heterocycles. The molecule has 2 aliphatic rings. The van der Waals surface area contributed by atoms with Crippen LogP contribution in [0.5, 0.6) is 0 Å². The number of rotatable bonds is 4. The Morgan fingerprint density at radius 1 is 1.32 bits per heavy atom. The highest BCUT2D eigenvalue weighted by molar-refractivity contribution is 5.88. The lowest BCUT2D eigenvalue weighted by Crippen LogP contribution is -2.44. The Morgan fingerprint density at radius 3 is 2.68 bits per heavy atom. The van der Waals surface area contributed by atoms with Crippen LogP contribution in [0.15, 0.2) is 18.3 Å². The minimum absolute atomic E-state index is 0.0142. The summed E-state index contributed by atoms with van der Waals surface area (Å²) >= 11 is 0. The summed E-state index contributed by atoms with van der Waals surface area (Å²) in [4.78, 5) is 34.4. The summed E-state index contributed by atoms with van der Waals surface area (Å²) < 4.78 is 34.1. The van der Waals surface area contributed by atoms with Crippen molar-refractivity contribution >= 4 is 17.7 Å². The van der Waals surface area contributed by atoms with E-state index in [9.17, 15) is 23.5 Å². The molecule has 1 amide bonds. The first kappa shape index (κ1) is 21.3. The van der Waals surface area contributed by atoms with Crippen molar-refractivity contribution in [3.8, 4) is 5.95 Å². The van der Waals surface area contributed by atoms with E-state index in [2.05, 4.69) is 15.1 Å². The summed E-state index contributed by atoms with van der Waals surface area (Å²) in [6.07, 6.45) is -0.182. The molecule has 1 unspecified atom stereocenters. The van der Waals surface area contributed by atoms with Gasteiger partial charge in [0.2, 0.25) is 5.92 Å². The first-order valence-corrected chi connectivity index (χ1v) is 10.2. The van der Waals surface area contributed by atoms with Gasteiger partial charge in [0.05, 0.1) is 30.5 Å². The van der Waals surface area contributed by atoms with Gasteiger partial charge in [-0.3, -0.25) is 9.69 Å². The average Bonchev–Trinajstić information content (AvgIpc) is 3.16. The van der Waals surface area contributed by atoms with E-state index >= 15 is 0 Å². The van der Waals surface area contributed by atoms with E-state index in [-0.39, 0.29) is 56.3 Å². The van der Waals surface area contributed by atoms with Crippen LogP contribution in [0.1, 0.15) is 49.4 Å².